The van der Waals surface area contributed by atoms with Crippen molar-refractivity contribution in [2.75, 3.05) is 30.4 Å². The van der Waals surface area contributed by atoms with Crippen LogP contribution in [0.2, 0.25) is 0 Å². The van der Waals surface area contributed by atoms with Crippen molar-refractivity contribution >= 4 is 22.7 Å². The third-order valence-electron chi connectivity index (χ3n) is 5.62. The molecule has 8 heteroatoms. The number of imidazole rings is 1. The molecule has 0 unspecified atom stereocenters. The van der Waals surface area contributed by atoms with Crippen LogP contribution in [-0.4, -0.2) is 45.3 Å². The number of anilines is 2. The number of hydrogen-bond donors (Lipinski definition) is 1. The number of rotatable bonds is 3. The van der Waals surface area contributed by atoms with E-state index in [4.69, 9.17) is 15.5 Å². The Morgan fingerprint density at radius 1 is 1.13 bits per heavy atom. The molecule has 4 aromatic rings. The van der Waals surface area contributed by atoms with Crippen molar-refractivity contribution in [1.29, 1.82) is 0 Å². The van der Waals surface area contributed by atoms with Crippen molar-refractivity contribution in [3.8, 4) is 16.9 Å². The molecule has 1 fully saturated rings. The third-order valence-corrected chi connectivity index (χ3v) is 5.62. The number of nitrogens with two attached hydrogens (primary N) is 1. The van der Waals surface area contributed by atoms with Crippen LogP contribution in [0.25, 0.3) is 28.1 Å². The summed E-state index contributed by atoms with van der Waals surface area (Å²) in [6, 6.07) is 12.9. The molecule has 0 saturated carbocycles. The maximum Gasteiger partial charge on any atom is 0.165 e. The van der Waals surface area contributed by atoms with Crippen LogP contribution in [0.3, 0.4) is 0 Å². The molecule has 5 rings (SSSR count). The number of benzene rings is 1. The maximum absolute atomic E-state index is 15.2. The van der Waals surface area contributed by atoms with Gasteiger partial charge in [0, 0.05) is 30.4 Å². The van der Waals surface area contributed by atoms with E-state index >= 15 is 4.39 Å². The Kier molecular flexibility index (Phi) is 4.78. The van der Waals surface area contributed by atoms with Gasteiger partial charge in [0.25, 0.3) is 0 Å². The predicted molar refractivity (Wildman–Crippen MR) is 119 cm³/mol. The molecule has 0 amide bonds. The van der Waals surface area contributed by atoms with Crippen molar-refractivity contribution in [3.05, 3.63) is 60.3 Å². The van der Waals surface area contributed by atoms with E-state index in [2.05, 4.69) is 9.97 Å². The minimum Gasteiger partial charge on any atom is -0.384 e. The Morgan fingerprint density at radius 3 is 2.77 bits per heavy atom. The summed E-state index contributed by atoms with van der Waals surface area (Å²) in [6.45, 7) is 5.80. The van der Waals surface area contributed by atoms with Gasteiger partial charge in [-0.2, -0.15) is 0 Å². The minimum absolute atomic E-state index is 0.127. The van der Waals surface area contributed by atoms with Crippen molar-refractivity contribution in [1.82, 2.24) is 19.5 Å². The van der Waals surface area contributed by atoms with E-state index < -0.39 is 0 Å². The molecular formula is C23H23FN6O. The zero-order valence-corrected chi connectivity index (χ0v) is 17.4. The normalized spacial score (nSPS) is 16.7. The summed E-state index contributed by atoms with van der Waals surface area (Å²) in [5.74, 6) is 0.894. The summed E-state index contributed by atoms with van der Waals surface area (Å²) >= 11 is 0. The van der Waals surface area contributed by atoms with Gasteiger partial charge in [-0.05, 0) is 50.2 Å². The Morgan fingerprint density at radius 2 is 2.00 bits per heavy atom. The highest BCUT2D eigenvalue weighted by Gasteiger charge is 2.22. The fraction of sp³-hybridized carbons (Fsp3) is 0.261. The lowest BCUT2D eigenvalue weighted by Gasteiger charge is -2.35. The van der Waals surface area contributed by atoms with Crippen molar-refractivity contribution in [2.24, 2.45) is 0 Å². The predicted octanol–water partition coefficient (Wildman–Crippen LogP) is 3.74. The number of ether oxygens (including phenoxy) is 1. The van der Waals surface area contributed by atoms with Gasteiger partial charge < -0.3 is 15.4 Å². The summed E-state index contributed by atoms with van der Waals surface area (Å²) in [5, 5.41) is 0. The van der Waals surface area contributed by atoms with Gasteiger partial charge in [-0.15, -0.1) is 0 Å². The highest BCUT2D eigenvalue weighted by molar-refractivity contribution is 5.78. The highest BCUT2D eigenvalue weighted by Crippen LogP contribution is 2.29. The Hall–Kier alpha value is -3.52. The van der Waals surface area contributed by atoms with Crippen LogP contribution >= 0.6 is 0 Å². The van der Waals surface area contributed by atoms with E-state index in [1.54, 1.807) is 18.3 Å². The standard InChI is InChI=1S/C23H23FN6O/c1-14-13-31-10-9-29(14)21-6-3-17(12-18(21)24)30-15(2)27-20-5-4-19(28-23(20)30)16-7-8-26-22(25)11-16/h3-8,11-12,14H,9-10,13H2,1-2H3,(H2,25,26)/t14-/m1/s1. The Balaban J connectivity index is 1.59. The number of morpholine rings is 1. The van der Waals surface area contributed by atoms with Gasteiger partial charge in [-0.3, -0.25) is 4.57 Å². The van der Waals surface area contributed by atoms with Gasteiger partial charge in [0.2, 0.25) is 0 Å². The molecule has 3 aromatic heterocycles. The first-order chi connectivity index (χ1) is 15.0. The molecule has 1 saturated heterocycles. The topological polar surface area (TPSA) is 82.1 Å². The van der Waals surface area contributed by atoms with Crippen LogP contribution in [0.5, 0.6) is 0 Å². The Labute approximate surface area is 179 Å². The zero-order valence-electron chi connectivity index (χ0n) is 17.4. The van der Waals surface area contributed by atoms with Gasteiger partial charge in [0.1, 0.15) is 23.0 Å². The monoisotopic (exact) mass is 418 g/mol. The molecule has 4 heterocycles. The fourth-order valence-electron chi connectivity index (χ4n) is 4.10. The summed E-state index contributed by atoms with van der Waals surface area (Å²) in [6.07, 6.45) is 1.65. The van der Waals surface area contributed by atoms with Crippen LogP contribution in [0, 0.1) is 12.7 Å². The van der Waals surface area contributed by atoms with Gasteiger partial charge in [-0.25, -0.2) is 19.3 Å². The molecular weight excluding hydrogens is 395 g/mol. The van der Waals surface area contributed by atoms with Gasteiger partial charge in [-0.1, -0.05) is 0 Å². The summed E-state index contributed by atoms with van der Waals surface area (Å²) in [7, 11) is 0. The number of hydrogen-bond acceptors (Lipinski definition) is 6. The molecule has 1 aromatic carbocycles. The Bertz CT molecular complexity index is 1270. The molecule has 158 valence electrons. The first kappa shape index (κ1) is 19.4. The number of aromatic nitrogens is 4. The number of nitrogen functional groups attached to an aromatic ring is 1. The first-order valence-electron chi connectivity index (χ1n) is 10.2. The van der Waals surface area contributed by atoms with Gasteiger partial charge >= 0.3 is 0 Å². The molecule has 0 aliphatic carbocycles. The highest BCUT2D eigenvalue weighted by atomic mass is 19.1. The van der Waals surface area contributed by atoms with Crippen molar-refractivity contribution < 1.29 is 9.13 Å². The average Bonchev–Trinajstić information content (AvgIpc) is 3.09. The molecule has 0 radical (unpaired) electrons. The molecule has 2 N–H and O–H groups in total. The lowest BCUT2D eigenvalue weighted by molar-refractivity contribution is 0.0986. The molecule has 1 aliphatic rings. The van der Waals surface area contributed by atoms with E-state index in [-0.39, 0.29) is 11.9 Å². The molecule has 0 spiro atoms. The number of fused-ring (bicyclic) bond motifs is 1. The second-order valence-electron chi connectivity index (χ2n) is 7.76. The van der Waals surface area contributed by atoms with Crippen molar-refractivity contribution in [2.45, 2.75) is 19.9 Å². The van der Waals surface area contributed by atoms with Crippen LogP contribution in [0.15, 0.2) is 48.7 Å². The molecule has 0 bridgehead atoms. The third kappa shape index (κ3) is 3.48. The van der Waals surface area contributed by atoms with Crippen molar-refractivity contribution in [3.63, 3.8) is 0 Å². The van der Waals surface area contributed by atoms with Crippen LogP contribution in [0.4, 0.5) is 15.9 Å². The van der Waals surface area contributed by atoms with Gasteiger partial charge in [0.15, 0.2) is 5.65 Å². The van der Waals surface area contributed by atoms with E-state index in [1.165, 1.54) is 0 Å². The van der Waals surface area contributed by atoms with Crippen LogP contribution < -0.4 is 10.6 Å². The quantitative estimate of drug-likeness (QED) is 0.546. The summed E-state index contributed by atoms with van der Waals surface area (Å²) in [4.78, 5) is 15.5. The zero-order chi connectivity index (χ0) is 21.5. The minimum atomic E-state index is -0.273. The SMILES string of the molecule is Cc1nc2ccc(-c3ccnc(N)c3)nc2n1-c1ccc(N2CCOC[C@H]2C)c(F)c1. The van der Waals surface area contributed by atoms with Crippen LogP contribution in [-0.2, 0) is 4.74 Å². The number of nitrogens with zero attached hydrogens (tertiary/aromatic N) is 5. The van der Waals surface area contributed by atoms with E-state index in [0.29, 0.717) is 42.6 Å². The van der Waals surface area contributed by atoms with Crippen LogP contribution in [0.1, 0.15) is 12.7 Å². The van der Waals surface area contributed by atoms with Gasteiger partial charge in [0.05, 0.1) is 30.3 Å². The second kappa shape index (κ2) is 7.63. The largest absolute Gasteiger partial charge is 0.384 e. The van der Waals surface area contributed by atoms with E-state index in [0.717, 1.165) is 22.6 Å². The first-order valence-corrected chi connectivity index (χ1v) is 10.2. The summed E-state index contributed by atoms with van der Waals surface area (Å²) in [5.41, 5.74) is 10.1. The van der Waals surface area contributed by atoms with E-state index in [1.807, 2.05) is 53.6 Å². The smallest absolute Gasteiger partial charge is 0.165 e. The second-order valence-corrected chi connectivity index (χ2v) is 7.76. The lowest BCUT2D eigenvalue weighted by atomic mass is 10.1. The molecule has 7 nitrogen and oxygen atoms in total. The number of pyridine rings is 2. The summed E-state index contributed by atoms with van der Waals surface area (Å²) < 4.78 is 22.5. The fourth-order valence-corrected chi connectivity index (χ4v) is 4.10. The molecule has 1 atom stereocenters. The number of halogens is 1. The lowest BCUT2D eigenvalue weighted by Crippen LogP contribution is -2.44. The maximum atomic E-state index is 15.2. The molecule has 1 aliphatic heterocycles. The average molecular weight is 418 g/mol. The molecule has 31 heavy (non-hydrogen) atoms. The van der Waals surface area contributed by atoms with E-state index in [9.17, 15) is 0 Å². The number of aryl methyl sites for hydroxylation is 1.